The largest absolute Gasteiger partial charge is 0.367 e. The van der Waals surface area contributed by atoms with Crippen molar-refractivity contribution in [3.8, 4) is 45.0 Å². The van der Waals surface area contributed by atoms with E-state index in [2.05, 4.69) is 132 Å². The molecular formula is C52H56F2N10. The fourth-order valence-electron chi connectivity index (χ4n) is 9.37. The van der Waals surface area contributed by atoms with Crippen LogP contribution in [0.4, 0.5) is 20.2 Å². The maximum Gasteiger partial charge on any atom is 0.142 e. The van der Waals surface area contributed by atoms with Gasteiger partial charge in [0.1, 0.15) is 24.0 Å². The number of benzene rings is 4. The molecule has 0 amide bonds. The molecule has 0 radical (unpaired) electrons. The average Bonchev–Trinajstić information content (AvgIpc) is 3.89. The summed E-state index contributed by atoms with van der Waals surface area (Å²) in [5, 5.41) is 0. The Morgan fingerprint density at radius 3 is 1.25 bits per heavy atom. The predicted molar refractivity (Wildman–Crippen MR) is 257 cm³/mol. The summed E-state index contributed by atoms with van der Waals surface area (Å²) in [6, 6.07) is 24.4. The Hall–Kier alpha value is -6.50. The van der Waals surface area contributed by atoms with Gasteiger partial charge < -0.3 is 31.2 Å². The number of H-pyrrole nitrogens is 2. The smallest absolute Gasteiger partial charge is 0.142 e. The number of nitrogens with zero attached hydrogens (tertiary/aromatic N) is 6. The lowest BCUT2D eigenvalue weighted by Crippen LogP contribution is -2.49. The molecule has 0 spiro atoms. The van der Waals surface area contributed by atoms with Crippen molar-refractivity contribution in [1.29, 1.82) is 0 Å². The summed E-state index contributed by atoms with van der Waals surface area (Å²) < 4.78 is 29.4. The standard InChI is InChI=1S/2C26H28FN5/c2*1-15-4-5-23-24(11-15)31-26(30-23)20-13-29-12-19(18-9-16(2)8-17(3)10-18)25(20)32-7-6-22(28)21(27)14-32/h2*4-5,8-13,21-22H,6-7,14,28H2,1-3H3,(H,30,31)/t2*21-,22+/m10/s1. The highest BCUT2D eigenvalue weighted by molar-refractivity contribution is 5.93. The molecule has 0 bridgehead atoms. The zero-order chi connectivity index (χ0) is 44.8. The van der Waals surface area contributed by atoms with Crippen LogP contribution in [0.3, 0.4) is 0 Å². The number of alkyl halides is 2. The Morgan fingerprint density at radius 2 is 0.875 bits per heavy atom. The monoisotopic (exact) mass is 858 g/mol. The summed E-state index contributed by atoms with van der Waals surface area (Å²) in [5.41, 5.74) is 30.6. The first-order valence-corrected chi connectivity index (χ1v) is 22.1. The topological polar surface area (TPSA) is 142 Å². The number of fused-ring (bicyclic) bond motifs is 2. The van der Waals surface area contributed by atoms with E-state index in [0.29, 0.717) is 25.9 Å². The third-order valence-corrected chi connectivity index (χ3v) is 12.5. The Morgan fingerprint density at radius 1 is 0.500 bits per heavy atom. The van der Waals surface area contributed by atoms with Crippen molar-refractivity contribution in [2.24, 2.45) is 11.5 Å². The van der Waals surface area contributed by atoms with Crippen LogP contribution in [0.2, 0.25) is 0 Å². The molecule has 10 nitrogen and oxygen atoms in total. The molecule has 0 aliphatic carbocycles. The van der Waals surface area contributed by atoms with Gasteiger partial charge in [-0.1, -0.05) is 70.8 Å². The molecule has 0 saturated carbocycles. The second-order valence-electron chi connectivity index (χ2n) is 18.0. The van der Waals surface area contributed by atoms with E-state index in [9.17, 15) is 8.78 Å². The van der Waals surface area contributed by atoms with Crippen molar-refractivity contribution in [2.75, 3.05) is 36.0 Å². The van der Waals surface area contributed by atoms with E-state index in [0.717, 1.165) is 78.5 Å². The van der Waals surface area contributed by atoms with Gasteiger partial charge in [-0.3, -0.25) is 9.97 Å². The van der Waals surface area contributed by atoms with Gasteiger partial charge in [-0.2, -0.15) is 0 Å². The second kappa shape index (κ2) is 17.6. The summed E-state index contributed by atoms with van der Waals surface area (Å²) in [6.07, 6.45) is 6.47. The number of anilines is 2. The lowest BCUT2D eigenvalue weighted by molar-refractivity contribution is 0.251. The van der Waals surface area contributed by atoms with Crippen LogP contribution in [0.25, 0.3) is 67.1 Å². The maximum atomic E-state index is 14.7. The molecule has 10 rings (SSSR count). The lowest BCUT2D eigenvalue weighted by atomic mass is 9.96. The van der Waals surface area contributed by atoms with E-state index >= 15 is 0 Å². The second-order valence-corrected chi connectivity index (χ2v) is 18.0. The fraction of sp³-hybridized carbons (Fsp3) is 0.308. The Kier molecular flexibility index (Phi) is 11.8. The minimum absolute atomic E-state index is 0.259. The molecule has 4 atom stereocenters. The quantitative estimate of drug-likeness (QED) is 0.130. The molecule has 0 unspecified atom stereocenters. The minimum Gasteiger partial charge on any atom is -0.367 e. The van der Waals surface area contributed by atoms with Crippen molar-refractivity contribution in [2.45, 2.75) is 78.8 Å². The van der Waals surface area contributed by atoms with Crippen LogP contribution in [0.5, 0.6) is 0 Å². The molecule has 4 aromatic carbocycles. The molecule has 328 valence electrons. The number of hydrogen-bond acceptors (Lipinski definition) is 8. The number of imidazole rings is 2. The van der Waals surface area contributed by atoms with Crippen molar-refractivity contribution < 1.29 is 8.78 Å². The van der Waals surface area contributed by atoms with Gasteiger partial charge in [0.15, 0.2) is 0 Å². The molecule has 2 saturated heterocycles. The molecular weight excluding hydrogens is 803 g/mol. The number of aromatic amines is 2. The van der Waals surface area contributed by atoms with Gasteiger partial charge in [-0.05, 0) is 101 Å². The molecule has 8 aromatic rings. The number of aryl methyl sites for hydroxylation is 6. The lowest BCUT2D eigenvalue weighted by Gasteiger charge is -2.36. The van der Waals surface area contributed by atoms with Gasteiger partial charge >= 0.3 is 0 Å². The van der Waals surface area contributed by atoms with Gasteiger partial charge in [0.25, 0.3) is 0 Å². The van der Waals surface area contributed by atoms with Gasteiger partial charge in [-0.15, -0.1) is 0 Å². The van der Waals surface area contributed by atoms with E-state index in [1.54, 1.807) is 0 Å². The number of rotatable bonds is 6. The summed E-state index contributed by atoms with van der Waals surface area (Å²) in [4.78, 5) is 30.0. The van der Waals surface area contributed by atoms with E-state index in [1.807, 2.05) is 36.9 Å². The maximum absolute atomic E-state index is 14.7. The Bertz CT molecular complexity index is 2750. The van der Waals surface area contributed by atoms with Crippen molar-refractivity contribution in [1.82, 2.24) is 29.9 Å². The normalized spacial score (nSPS) is 19.0. The number of hydrogen-bond donors (Lipinski definition) is 4. The van der Waals surface area contributed by atoms with Gasteiger partial charge in [0.05, 0.1) is 57.7 Å². The third-order valence-electron chi connectivity index (χ3n) is 12.5. The summed E-state index contributed by atoms with van der Waals surface area (Å²) >= 11 is 0. The van der Waals surface area contributed by atoms with Crippen LogP contribution in [-0.2, 0) is 0 Å². The fourth-order valence-corrected chi connectivity index (χ4v) is 9.37. The number of halogens is 2. The molecule has 64 heavy (non-hydrogen) atoms. The number of pyridine rings is 2. The minimum atomic E-state index is -1.07. The number of nitrogens with two attached hydrogens (primary N) is 2. The zero-order valence-corrected chi connectivity index (χ0v) is 37.4. The first-order valence-electron chi connectivity index (χ1n) is 22.1. The Labute approximate surface area is 373 Å². The first-order chi connectivity index (χ1) is 30.8. The highest BCUT2D eigenvalue weighted by Crippen LogP contribution is 2.42. The van der Waals surface area contributed by atoms with E-state index in [-0.39, 0.29) is 13.1 Å². The molecule has 6 heterocycles. The third kappa shape index (κ3) is 8.72. The Balaban J connectivity index is 0.000000162. The van der Waals surface area contributed by atoms with Crippen LogP contribution >= 0.6 is 0 Å². The van der Waals surface area contributed by atoms with E-state index < -0.39 is 24.4 Å². The molecule has 6 N–H and O–H groups in total. The van der Waals surface area contributed by atoms with Crippen molar-refractivity contribution in [3.05, 3.63) is 131 Å². The van der Waals surface area contributed by atoms with Crippen LogP contribution in [0.1, 0.15) is 46.2 Å². The van der Waals surface area contributed by atoms with Gasteiger partial charge in [-0.25, -0.2) is 18.7 Å². The molecule has 2 aliphatic rings. The highest BCUT2D eigenvalue weighted by atomic mass is 19.1. The van der Waals surface area contributed by atoms with E-state index in [1.165, 1.54) is 33.4 Å². The van der Waals surface area contributed by atoms with Crippen LogP contribution in [0.15, 0.2) is 97.6 Å². The van der Waals surface area contributed by atoms with Gasteiger partial charge in [0, 0.05) is 61.1 Å². The number of nitrogens with one attached hydrogen (secondary N) is 2. The highest BCUT2D eigenvalue weighted by Gasteiger charge is 2.32. The molecule has 2 fully saturated rings. The molecule has 12 heteroatoms. The summed E-state index contributed by atoms with van der Waals surface area (Å²) in [7, 11) is 0. The molecule has 2 aliphatic heterocycles. The average molecular weight is 859 g/mol. The first kappa shape index (κ1) is 42.8. The van der Waals surface area contributed by atoms with Crippen molar-refractivity contribution in [3.63, 3.8) is 0 Å². The number of piperidine rings is 2. The number of aromatic nitrogens is 6. The predicted octanol–water partition coefficient (Wildman–Crippen LogP) is 10.2. The van der Waals surface area contributed by atoms with Crippen LogP contribution < -0.4 is 21.3 Å². The van der Waals surface area contributed by atoms with Gasteiger partial charge in [0.2, 0.25) is 0 Å². The van der Waals surface area contributed by atoms with Crippen LogP contribution in [-0.4, -0.2) is 80.5 Å². The van der Waals surface area contributed by atoms with Crippen molar-refractivity contribution >= 4 is 33.4 Å². The zero-order valence-electron chi connectivity index (χ0n) is 37.4. The summed E-state index contributed by atoms with van der Waals surface area (Å²) in [5.74, 6) is 1.48. The van der Waals surface area contributed by atoms with Crippen LogP contribution in [0, 0.1) is 41.5 Å². The SMILES string of the molecule is Cc1cc(C)cc(-c2cncc(-c3nc4ccc(C)cc4[nH]3)c2N2CC[C@@H](N)[C@@H](F)C2)c1.Cc1cc(C)cc(-c2cncc(-c3nc4ccc(C)cc4[nH]3)c2N2CC[C@H](N)[C@H](F)C2)c1. The van der Waals surface area contributed by atoms with E-state index in [4.69, 9.17) is 21.4 Å². The summed E-state index contributed by atoms with van der Waals surface area (Å²) in [6.45, 7) is 14.4. The molecule has 4 aromatic heterocycles.